The van der Waals surface area contributed by atoms with E-state index in [9.17, 15) is 9.59 Å². The molecule has 2 aromatic heterocycles. The summed E-state index contributed by atoms with van der Waals surface area (Å²) in [6.45, 7) is 4.27. The molecule has 0 radical (unpaired) electrons. The van der Waals surface area contributed by atoms with Crippen molar-refractivity contribution in [3.05, 3.63) is 39.8 Å². The Kier molecular flexibility index (Phi) is 4.67. The molecule has 6 heteroatoms. The molecule has 0 saturated carbocycles. The van der Waals surface area contributed by atoms with E-state index in [0.29, 0.717) is 17.6 Å². The number of hydrogen-bond donors (Lipinski definition) is 1. The normalized spacial score (nSPS) is 10.1. The molecule has 0 atom stereocenters. The van der Waals surface area contributed by atoms with Crippen LogP contribution < -0.4 is 5.43 Å². The molecule has 90 valence electrons. The van der Waals surface area contributed by atoms with Crippen LogP contribution in [0.15, 0.2) is 23.1 Å². The molecule has 0 saturated heterocycles. The molecule has 1 N–H and O–H groups in total. The number of carboxylic acid groups (broad SMARTS) is 1. The standard InChI is InChI=1S/C12H12N2O3.Na.H/c1-3-14-6-9(12(16)17)10(15)8-5-4-7(2)13-11(8)14;;/h4-6H,3H2,1-2H3,(H,16,17);;. The van der Waals surface area contributed by atoms with Crippen LogP contribution in [0.5, 0.6) is 0 Å². The molecular weight excluding hydrogens is 243 g/mol. The Morgan fingerprint density at radius 3 is 2.67 bits per heavy atom. The molecule has 0 aliphatic carbocycles. The van der Waals surface area contributed by atoms with Crippen LogP contribution in [0, 0.1) is 6.92 Å². The maximum atomic E-state index is 11.9. The Hall–Kier alpha value is -1.17. The molecule has 18 heavy (non-hydrogen) atoms. The van der Waals surface area contributed by atoms with Crippen molar-refractivity contribution in [2.45, 2.75) is 20.4 Å². The zero-order valence-corrected chi connectivity index (χ0v) is 9.60. The van der Waals surface area contributed by atoms with Crippen molar-refractivity contribution >= 4 is 46.6 Å². The van der Waals surface area contributed by atoms with Crippen molar-refractivity contribution in [1.82, 2.24) is 9.55 Å². The number of aryl methyl sites for hydroxylation is 2. The number of carboxylic acids is 1. The van der Waals surface area contributed by atoms with Crippen LogP contribution in [0.4, 0.5) is 0 Å². The van der Waals surface area contributed by atoms with Crippen molar-refractivity contribution < 1.29 is 9.90 Å². The number of rotatable bonds is 2. The van der Waals surface area contributed by atoms with Crippen molar-refractivity contribution in [1.29, 1.82) is 0 Å². The molecule has 2 aromatic rings. The molecule has 5 nitrogen and oxygen atoms in total. The predicted molar refractivity (Wildman–Crippen MR) is 70.5 cm³/mol. The molecule has 0 spiro atoms. The Morgan fingerprint density at radius 2 is 2.11 bits per heavy atom. The van der Waals surface area contributed by atoms with Gasteiger partial charge in [-0.3, -0.25) is 4.79 Å². The van der Waals surface area contributed by atoms with Gasteiger partial charge in [0.1, 0.15) is 11.2 Å². The molecule has 0 unspecified atom stereocenters. The van der Waals surface area contributed by atoms with E-state index in [2.05, 4.69) is 4.98 Å². The first-order chi connectivity index (χ1) is 8.04. The van der Waals surface area contributed by atoms with Gasteiger partial charge in [0.15, 0.2) is 0 Å². The van der Waals surface area contributed by atoms with E-state index < -0.39 is 11.4 Å². The second kappa shape index (κ2) is 5.65. The van der Waals surface area contributed by atoms with Gasteiger partial charge in [0.25, 0.3) is 0 Å². The van der Waals surface area contributed by atoms with Gasteiger partial charge in [0.2, 0.25) is 5.43 Å². The average molecular weight is 256 g/mol. The van der Waals surface area contributed by atoms with E-state index in [1.807, 2.05) is 13.8 Å². The monoisotopic (exact) mass is 256 g/mol. The second-order valence-corrected chi connectivity index (χ2v) is 3.79. The average Bonchev–Trinajstić information content (AvgIpc) is 2.29. The van der Waals surface area contributed by atoms with Crippen LogP contribution in [0.2, 0.25) is 0 Å². The molecule has 2 rings (SSSR count). The third-order valence-corrected chi connectivity index (χ3v) is 2.63. The van der Waals surface area contributed by atoms with Crippen molar-refractivity contribution in [2.24, 2.45) is 0 Å². The van der Waals surface area contributed by atoms with E-state index >= 15 is 0 Å². The van der Waals surface area contributed by atoms with Crippen LogP contribution in [0.25, 0.3) is 11.0 Å². The summed E-state index contributed by atoms with van der Waals surface area (Å²) < 4.78 is 1.67. The Balaban J connectivity index is 0.00000162. The molecule has 0 aliphatic heterocycles. The fourth-order valence-corrected chi connectivity index (χ4v) is 1.75. The third kappa shape index (κ3) is 2.48. The van der Waals surface area contributed by atoms with Gasteiger partial charge in [-0.25, -0.2) is 9.78 Å². The SMILES string of the molecule is CCn1cc(C(=O)O)c(=O)c2ccc(C)nc21.[NaH]. The van der Waals surface area contributed by atoms with Crippen LogP contribution in [0.1, 0.15) is 23.0 Å². The summed E-state index contributed by atoms with van der Waals surface area (Å²) in [4.78, 5) is 27.2. The van der Waals surface area contributed by atoms with E-state index in [0.717, 1.165) is 5.69 Å². The molecule has 0 aliphatic rings. The topological polar surface area (TPSA) is 72.2 Å². The van der Waals surface area contributed by atoms with Gasteiger partial charge in [0.05, 0.1) is 5.39 Å². The van der Waals surface area contributed by atoms with E-state index in [4.69, 9.17) is 5.11 Å². The van der Waals surface area contributed by atoms with Gasteiger partial charge >= 0.3 is 35.5 Å². The summed E-state index contributed by atoms with van der Waals surface area (Å²) in [7, 11) is 0. The van der Waals surface area contributed by atoms with Crippen LogP contribution in [0.3, 0.4) is 0 Å². The fraction of sp³-hybridized carbons (Fsp3) is 0.250. The van der Waals surface area contributed by atoms with E-state index in [-0.39, 0.29) is 35.1 Å². The van der Waals surface area contributed by atoms with Gasteiger partial charge in [-0.05, 0) is 26.0 Å². The van der Waals surface area contributed by atoms with Crippen LogP contribution in [-0.4, -0.2) is 50.2 Å². The Labute approximate surface area is 126 Å². The van der Waals surface area contributed by atoms with Gasteiger partial charge in [-0.15, -0.1) is 0 Å². The first kappa shape index (κ1) is 14.9. The summed E-state index contributed by atoms with van der Waals surface area (Å²) in [5.41, 5.74) is 0.624. The number of aromatic nitrogens is 2. The Morgan fingerprint density at radius 1 is 1.44 bits per heavy atom. The zero-order chi connectivity index (χ0) is 12.6. The number of fused-ring (bicyclic) bond motifs is 1. The second-order valence-electron chi connectivity index (χ2n) is 3.79. The number of nitrogens with zero attached hydrogens (tertiary/aromatic N) is 2. The van der Waals surface area contributed by atoms with Gasteiger partial charge in [-0.1, -0.05) is 0 Å². The third-order valence-electron chi connectivity index (χ3n) is 2.63. The van der Waals surface area contributed by atoms with Crippen molar-refractivity contribution in [2.75, 3.05) is 0 Å². The van der Waals surface area contributed by atoms with Gasteiger partial charge in [0, 0.05) is 18.4 Å². The summed E-state index contributed by atoms with van der Waals surface area (Å²) in [6, 6.07) is 3.33. The molecule has 0 amide bonds. The minimum absolute atomic E-state index is 0. The van der Waals surface area contributed by atoms with Gasteiger partial charge < -0.3 is 9.67 Å². The fourth-order valence-electron chi connectivity index (χ4n) is 1.75. The first-order valence-electron chi connectivity index (χ1n) is 5.28. The number of carbonyl (C=O) groups is 1. The number of aromatic carboxylic acids is 1. The number of hydrogen-bond acceptors (Lipinski definition) is 3. The molecule has 0 aromatic carbocycles. The quantitative estimate of drug-likeness (QED) is 0.806. The predicted octanol–water partition coefficient (Wildman–Crippen LogP) is 0.775. The van der Waals surface area contributed by atoms with E-state index in [1.165, 1.54) is 6.20 Å². The maximum absolute atomic E-state index is 11.9. The van der Waals surface area contributed by atoms with E-state index in [1.54, 1.807) is 16.7 Å². The van der Waals surface area contributed by atoms with Crippen molar-refractivity contribution in [3.8, 4) is 0 Å². The summed E-state index contributed by atoms with van der Waals surface area (Å²) in [6.07, 6.45) is 1.35. The van der Waals surface area contributed by atoms with Crippen LogP contribution in [-0.2, 0) is 6.54 Å². The Bertz CT molecular complexity index is 664. The van der Waals surface area contributed by atoms with Gasteiger partial charge in [-0.2, -0.15) is 0 Å². The summed E-state index contributed by atoms with van der Waals surface area (Å²) >= 11 is 0. The summed E-state index contributed by atoms with van der Waals surface area (Å²) in [5.74, 6) is -1.21. The van der Waals surface area contributed by atoms with Crippen molar-refractivity contribution in [3.63, 3.8) is 0 Å². The first-order valence-corrected chi connectivity index (χ1v) is 5.28. The molecule has 0 fully saturated rings. The molecule has 2 heterocycles. The zero-order valence-electron chi connectivity index (χ0n) is 9.60. The molecular formula is C12H13N2NaO3. The number of pyridine rings is 2. The summed E-state index contributed by atoms with van der Waals surface area (Å²) in [5, 5.41) is 9.31. The van der Waals surface area contributed by atoms with Crippen LogP contribution >= 0.6 is 0 Å². The minimum atomic E-state index is -1.21. The molecule has 0 bridgehead atoms.